The summed E-state index contributed by atoms with van der Waals surface area (Å²) in [5.74, 6) is -7.98. The maximum Gasteiger partial charge on any atom is 0.491 e. The van der Waals surface area contributed by atoms with Gasteiger partial charge in [0, 0.05) is 31.9 Å². The summed E-state index contributed by atoms with van der Waals surface area (Å²) in [4.78, 5) is 70.6. The van der Waals surface area contributed by atoms with Gasteiger partial charge in [-0.15, -0.1) is 0 Å². The quantitative estimate of drug-likeness (QED) is 0.233. The molecule has 0 radical (unpaired) electrons. The average Bonchev–Trinajstić information content (AvgIpc) is 3.31. The number of anilines is 1. The predicted octanol–water partition coefficient (Wildman–Crippen LogP) is 4.07. The molecule has 278 valence electrons. The van der Waals surface area contributed by atoms with Crippen molar-refractivity contribution < 1.29 is 59.4 Å². The van der Waals surface area contributed by atoms with Crippen molar-refractivity contribution in [2.45, 2.75) is 50.6 Å². The molecule has 2 aromatic carbocycles. The fourth-order valence-corrected chi connectivity index (χ4v) is 5.97. The van der Waals surface area contributed by atoms with Crippen LogP contribution in [0.3, 0.4) is 0 Å². The number of alkyl halides is 6. The lowest BCUT2D eigenvalue weighted by Crippen LogP contribution is -2.60. The lowest BCUT2D eigenvalue weighted by molar-refractivity contribution is -0.193. The molecular formula is C33H36F7N5O6. The van der Waals surface area contributed by atoms with Gasteiger partial charge in [0.25, 0.3) is 5.91 Å². The first-order chi connectivity index (χ1) is 23.7. The SMILES string of the molecule is CC(C)C(NC(=O)c1cc(C(F)(F)F)ccc1F)C(=O)N1CCC2(CC1)C(=O)N(CCN(C)C)CN2c1ccc(C(=O)OC(=O)C(F)(F)F)cc1. The standard InChI is InChI=1S/C33H36F7N5O6/c1-19(2)25(41-26(46)23-17-21(32(35,36)37)7-10-24(23)34)27(47)43-13-11-31(12-14-43)29(49)44(16-15-42(3)4)18-45(31)22-8-5-20(6-9-22)28(48)51-30(50)33(38,39)40/h5-10,17,19,25H,11-16,18H2,1-4H3,(H,41,46). The van der Waals surface area contributed by atoms with Crippen LogP contribution in [0.2, 0.25) is 0 Å². The Kier molecular flexibility index (Phi) is 11.4. The Labute approximate surface area is 288 Å². The molecule has 2 aliphatic heterocycles. The van der Waals surface area contributed by atoms with Gasteiger partial charge in [0.15, 0.2) is 0 Å². The number of nitrogens with zero attached hydrogens (tertiary/aromatic N) is 4. The highest BCUT2D eigenvalue weighted by Crippen LogP contribution is 2.40. The number of carbonyl (C=O) groups excluding carboxylic acids is 5. The molecule has 0 saturated carbocycles. The summed E-state index contributed by atoms with van der Waals surface area (Å²) < 4.78 is 95.7. The molecule has 2 heterocycles. The lowest BCUT2D eigenvalue weighted by Gasteiger charge is -2.44. The van der Waals surface area contributed by atoms with Crippen LogP contribution in [0.15, 0.2) is 42.5 Å². The second kappa shape index (κ2) is 14.9. The van der Waals surface area contributed by atoms with E-state index >= 15 is 0 Å². The van der Waals surface area contributed by atoms with Crippen molar-refractivity contribution in [3.05, 3.63) is 65.0 Å². The fraction of sp³-hybridized carbons (Fsp3) is 0.485. The Morgan fingerprint density at radius 2 is 1.57 bits per heavy atom. The van der Waals surface area contributed by atoms with Crippen LogP contribution in [0.4, 0.5) is 36.4 Å². The number of piperidine rings is 1. The van der Waals surface area contributed by atoms with Crippen LogP contribution < -0.4 is 10.2 Å². The molecule has 51 heavy (non-hydrogen) atoms. The maximum atomic E-state index is 14.4. The Hall–Kier alpha value is -4.74. The Bertz CT molecular complexity index is 1650. The molecule has 11 nitrogen and oxygen atoms in total. The molecular weight excluding hydrogens is 695 g/mol. The van der Waals surface area contributed by atoms with Crippen LogP contribution in [0.1, 0.15) is 53.0 Å². The lowest BCUT2D eigenvalue weighted by atomic mass is 9.84. The molecule has 1 atom stereocenters. The monoisotopic (exact) mass is 731 g/mol. The third-order valence-electron chi connectivity index (χ3n) is 8.82. The topological polar surface area (TPSA) is 120 Å². The van der Waals surface area contributed by atoms with Crippen molar-refractivity contribution in [3.8, 4) is 0 Å². The number of hydrogen-bond donors (Lipinski definition) is 1. The Morgan fingerprint density at radius 1 is 0.961 bits per heavy atom. The van der Waals surface area contributed by atoms with Crippen LogP contribution in [-0.4, -0.2) is 109 Å². The number of likely N-dealkylation sites (N-methyl/N-ethyl adjacent to an activating group) is 1. The minimum atomic E-state index is -5.37. The summed E-state index contributed by atoms with van der Waals surface area (Å²) in [6.45, 7) is 4.18. The zero-order valence-corrected chi connectivity index (χ0v) is 28.0. The van der Waals surface area contributed by atoms with E-state index in [0.717, 1.165) is 12.1 Å². The summed E-state index contributed by atoms with van der Waals surface area (Å²) in [5.41, 5.74) is -3.22. The van der Waals surface area contributed by atoms with E-state index < -0.39 is 70.5 Å². The van der Waals surface area contributed by atoms with Crippen LogP contribution in [-0.2, 0) is 25.3 Å². The zero-order chi connectivity index (χ0) is 38.1. The van der Waals surface area contributed by atoms with Crippen molar-refractivity contribution >= 4 is 35.3 Å². The third kappa shape index (κ3) is 8.60. The second-order valence-corrected chi connectivity index (χ2v) is 12.9. The molecule has 1 spiro atoms. The summed E-state index contributed by atoms with van der Waals surface area (Å²) in [6, 6.07) is 5.25. The fourth-order valence-electron chi connectivity index (χ4n) is 5.97. The Balaban J connectivity index is 1.54. The highest BCUT2D eigenvalue weighted by molar-refractivity contribution is 5.99. The second-order valence-electron chi connectivity index (χ2n) is 12.9. The highest BCUT2D eigenvalue weighted by Gasteiger charge is 2.54. The van der Waals surface area contributed by atoms with E-state index in [4.69, 9.17) is 0 Å². The van der Waals surface area contributed by atoms with Crippen molar-refractivity contribution in [1.82, 2.24) is 20.0 Å². The van der Waals surface area contributed by atoms with E-state index in [2.05, 4.69) is 10.1 Å². The minimum absolute atomic E-state index is 0.0174. The van der Waals surface area contributed by atoms with Gasteiger partial charge >= 0.3 is 24.3 Å². The van der Waals surface area contributed by atoms with Crippen LogP contribution >= 0.6 is 0 Å². The molecule has 2 aliphatic rings. The zero-order valence-electron chi connectivity index (χ0n) is 28.0. The third-order valence-corrected chi connectivity index (χ3v) is 8.82. The predicted molar refractivity (Wildman–Crippen MR) is 167 cm³/mol. The van der Waals surface area contributed by atoms with Gasteiger partial charge in [-0.05, 0) is 75.3 Å². The summed E-state index contributed by atoms with van der Waals surface area (Å²) >= 11 is 0. The first kappa shape index (κ1) is 39.1. The molecule has 4 rings (SSSR count). The number of ether oxygens (including phenoxy) is 1. The number of benzene rings is 2. The van der Waals surface area contributed by atoms with Gasteiger partial charge in [-0.2, -0.15) is 26.3 Å². The van der Waals surface area contributed by atoms with Gasteiger partial charge in [-0.1, -0.05) is 13.8 Å². The first-order valence-electron chi connectivity index (χ1n) is 15.8. The minimum Gasteiger partial charge on any atom is -0.383 e. The van der Waals surface area contributed by atoms with E-state index in [1.807, 2.05) is 19.0 Å². The number of rotatable bonds is 9. The van der Waals surface area contributed by atoms with E-state index in [-0.39, 0.29) is 44.1 Å². The molecule has 0 bridgehead atoms. The molecule has 1 N–H and O–H groups in total. The van der Waals surface area contributed by atoms with Crippen LogP contribution in [0.5, 0.6) is 0 Å². The summed E-state index contributed by atoms with van der Waals surface area (Å²) in [6.07, 6.45) is -10.0. The molecule has 2 aromatic rings. The largest absolute Gasteiger partial charge is 0.491 e. The number of hydrogen-bond acceptors (Lipinski definition) is 8. The molecule has 18 heteroatoms. The molecule has 2 fully saturated rings. The van der Waals surface area contributed by atoms with Crippen molar-refractivity contribution in [3.63, 3.8) is 0 Å². The van der Waals surface area contributed by atoms with E-state index in [0.29, 0.717) is 37.0 Å². The average molecular weight is 732 g/mol. The van der Waals surface area contributed by atoms with E-state index in [1.54, 1.807) is 23.6 Å². The van der Waals surface area contributed by atoms with E-state index in [1.165, 1.54) is 17.0 Å². The maximum absolute atomic E-state index is 14.4. The number of carbonyl (C=O) groups is 5. The van der Waals surface area contributed by atoms with Gasteiger partial charge < -0.3 is 29.7 Å². The number of nitrogens with one attached hydrogen (secondary N) is 1. The summed E-state index contributed by atoms with van der Waals surface area (Å²) in [5, 5.41) is 2.37. The van der Waals surface area contributed by atoms with Crippen molar-refractivity contribution in [2.24, 2.45) is 5.92 Å². The molecule has 1 unspecified atom stereocenters. The summed E-state index contributed by atoms with van der Waals surface area (Å²) in [7, 11) is 3.65. The molecule has 0 aliphatic carbocycles. The number of halogens is 7. The van der Waals surface area contributed by atoms with Gasteiger partial charge in [0.2, 0.25) is 11.8 Å². The van der Waals surface area contributed by atoms with Gasteiger partial charge in [0.05, 0.1) is 23.4 Å². The van der Waals surface area contributed by atoms with Crippen LogP contribution in [0.25, 0.3) is 0 Å². The number of amides is 3. The molecule has 2 saturated heterocycles. The van der Waals surface area contributed by atoms with Gasteiger partial charge in [-0.3, -0.25) is 14.4 Å². The van der Waals surface area contributed by atoms with Crippen molar-refractivity contribution in [1.29, 1.82) is 0 Å². The molecule has 0 aromatic heterocycles. The highest BCUT2D eigenvalue weighted by atomic mass is 19.4. The van der Waals surface area contributed by atoms with E-state index in [9.17, 15) is 54.7 Å². The van der Waals surface area contributed by atoms with Crippen LogP contribution in [0, 0.1) is 11.7 Å². The van der Waals surface area contributed by atoms with Gasteiger partial charge in [-0.25, -0.2) is 14.0 Å². The number of esters is 2. The first-order valence-corrected chi connectivity index (χ1v) is 15.8. The normalized spacial score (nSPS) is 17.0. The number of likely N-dealkylation sites (tertiary alicyclic amines) is 1. The molecule has 3 amide bonds. The Morgan fingerprint density at radius 3 is 2.10 bits per heavy atom. The smallest absolute Gasteiger partial charge is 0.383 e. The van der Waals surface area contributed by atoms with Gasteiger partial charge in [0.1, 0.15) is 17.4 Å². The van der Waals surface area contributed by atoms with Crippen molar-refractivity contribution in [2.75, 3.05) is 51.8 Å².